The van der Waals surface area contributed by atoms with Crippen molar-refractivity contribution in [2.45, 2.75) is 43.3 Å². The molecule has 2 atom stereocenters. The molecule has 112 valence electrons. The molecule has 0 bridgehead atoms. The fraction of sp³-hybridized carbons (Fsp3) is 0.588. The number of nitrogens with one attached hydrogen (secondary N) is 1. The highest BCUT2D eigenvalue weighted by atomic mass is 32.2. The van der Waals surface area contributed by atoms with Crippen molar-refractivity contribution in [1.29, 1.82) is 0 Å². The fourth-order valence-corrected chi connectivity index (χ4v) is 5.06. The molecule has 21 heavy (non-hydrogen) atoms. The maximum absolute atomic E-state index is 4.69. The summed E-state index contributed by atoms with van der Waals surface area (Å²) >= 11 is 1.92. The molecule has 4 rings (SSSR count). The number of aromatic amines is 1. The predicted octanol–water partition coefficient (Wildman–Crippen LogP) is 3.92. The summed E-state index contributed by atoms with van der Waals surface area (Å²) in [7, 11) is 0. The van der Waals surface area contributed by atoms with E-state index in [1.165, 1.54) is 50.9 Å². The van der Waals surface area contributed by atoms with Crippen LogP contribution in [-0.2, 0) is 0 Å². The summed E-state index contributed by atoms with van der Waals surface area (Å²) in [4.78, 5) is 10.9. The monoisotopic (exact) mass is 301 g/mol. The van der Waals surface area contributed by atoms with Gasteiger partial charge in [-0.3, -0.25) is 0 Å². The number of thioether (sulfide) groups is 1. The summed E-state index contributed by atoms with van der Waals surface area (Å²) in [6, 6.07) is 9.15. The number of fused-ring (bicyclic) bond motifs is 2. The molecule has 1 aromatic carbocycles. The third kappa shape index (κ3) is 2.84. The maximum atomic E-state index is 4.69. The lowest BCUT2D eigenvalue weighted by Gasteiger charge is -2.44. The molecular weight excluding hydrogens is 278 g/mol. The molecule has 1 N–H and O–H groups in total. The second-order valence-corrected chi connectivity index (χ2v) is 7.38. The van der Waals surface area contributed by atoms with Crippen molar-refractivity contribution in [2.75, 3.05) is 18.8 Å². The van der Waals surface area contributed by atoms with Crippen LogP contribution in [0.4, 0.5) is 0 Å². The van der Waals surface area contributed by atoms with E-state index in [2.05, 4.69) is 34.1 Å². The van der Waals surface area contributed by atoms with Crippen LogP contribution in [0.1, 0.15) is 32.1 Å². The van der Waals surface area contributed by atoms with Crippen LogP contribution in [0.3, 0.4) is 0 Å². The minimum Gasteiger partial charge on any atom is -0.333 e. The van der Waals surface area contributed by atoms with Gasteiger partial charge in [-0.15, -0.1) is 0 Å². The SMILES string of the molecule is c1ccc2[nH]c(SCC3CCCN4CCCCC34)nc2c1. The molecule has 2 fully saturated rings. The lowest BCUT2D eigenvalue weighted by molar-refractivity contribution is 0.0693. The Balaban J connectivity index is 1.43. The van der Waals surface area contributed by atoms with Gasteiger partial charge in [0, 0.05) is 11.8 Å². The van der Waals surface area contributed by atoms with Gasteiger partial charge in [0.05, 0.1) is 11.0 Å². The maximum Gasteiger partial charge on any atom is 0.166 e. The van der Waals surface area contributed by atoms with E-state index in [9.17, 15) is 0 Å². The van der Waals surface area contributed by atoms with E-state index >= 15 is 0 Å². The van der Waals surface area contributed by atoms with Crippen molar-refractivity contribution in [3.8, 4) is 0 Å². The first-order chi connectivity index (χ1) is 10.4. The van der Waals surface area contributed by atoms with Crippen LogP contribution in [-0.4, -0.2) is 39.8 Å². The number of imidazole rings is 1. The van der Waals surface area contributed by atoms with Crippen LogP contribution in [0.15, 0.2) is 29.4 Å². The van der Waals surface area contributed by atoms with Crippen molar-refractivity contribution in [1.82, 2.24) is 14.9 Å². The molecular formula is C17H23N3S. The standard InChI is InChI=1S/C17H23N3S/c1-2-8-15-14(7-1)18-17(19-15)21-12-13-6-5-11-20-10-4-3-9-16(13)20/h1-2,7-8,13,16H,3-6,9-12H2,(H,18,19). The van der Waals surface area contributed by atoms with E-state index in [1.54, 1.807) is 0 Å². The molecule has 2 aromatic rings. The number of nitrogens with zero attached hydrogens (tertiary/aromatic N) is 2. The van der Waals surface area contributed by atoms with Crippen molar-refractivity contribution < 1.29 is 0 Å². The van der Waals surface area contributed by atoms with Gasteiger partial charge < -0.3 is 9.88 Å². The lowest BCUT2D eigenvalue weighted by atomic mass is 9.85. The first kappa shape index (κ1) is 13.6. The lowest BCUT2D eigenvalue weighted by Crippen LogP contribution is -2.48. The number of benzene rings is 1. The predicted molar refractivity (Wildman–Crippen MR) is 88.8 cm³/mol. The molecule has 2 unspecified atom stereocenters. The van der Waals surface area contributed by atoms with Gasteiger partial charge >= 0.3 is 0 Å². The highest BCUT2D eigenvalue weighted by molar-refractivity contribution is 7.99. The molecule has 0 amide bonds. The molecule has 4 heteroatoms. The van der Waals surface area contributed by atoms with Crippen molar-refractivity contribution in [3.63, 3.8) is 0 Å². The molecule has 0 spiro atoms. The van der Waals surface area contributed by atoms with Gasteiger partial charge in [0.1, 0.15) is 0 Å². The summed E-state index contributed by atoms with van der Waals surface area (Å²) < 4.78 is 0. The van der Waals surface area contributed by atoms with E-state index < -0.39 is 0 Å². The summed E-state index contributed by atoms with van der Waals surface area (Å²) in [6.07, 6.45) is 7.01. The van der Waals surface area contributed by atoms with E-state index in [4.69, 9.17) is 4.98 Å². The smallest absolute Gasteiger partial charge is 0.166 e. The van der Waals surface area contributed by atoms with Crippen LogP contribution < -0.4 is 0 Å². The van der Waals surface area contributed by atoms with Crippen LogP contribution in [0.2, 0.25) is 0 Å². The van der Waals surface area contributed by atoms with Gasteiger partial charge in [-0.2, -0.15) is 0 Å². The first-order valence-electron chi connectivity index (χ1n) is 8.22. The third-order valence-electron chi connectivity index (χ3n) is 5.03. The Morgan fingerprint density at radius 2 is 2.05 bits per heavy atom. The number of para-hydroxylation sites is 2. The number of aromatic nitrogens is 2. The number of hydrogen-bond acceptors (Lipinski definition) is 3. The normalized spacial score (nSPS) is 26.9. The molecule has 2 aliphatic heterocycles. The Bertz CT molecular complexity index is 574. The molecule has 2 aliphatic rings. The molecule has 1 aromatic heterocycles. The van der Waals surface area contributed by atoms with Crippen molar-refractivity contribution >= 4 is 22.8 Å². The third-order valence-corrected chi connectivity index (χ3v) is 6.09. The Morgan fingerprint density at radius 1 is 1.14 bits per heavy atom. The Kier molecular flexibility index (Phi) is 3.91. The Morgan fingerprint density at radius 3 is 3.00 bits per heavy atom. The minimum atomic E-state index is 0.837. The van der Waals surface area contributed by atoms with E-state index in [1.807, 2.05) is 11.8 Å². The highest BCUT2D eigenvalue weighted by Gasteiger charge is 2.32. The topological polar surface area (TPSA) is 31.9 Å². The zero-order chi connectivity index (χ0) is 14.1. The molecule has 0 aliphatic carbocycles. The average Bonchev–Trinajstić information content (AvgIpc) is 2.96. The second kappa shape index (κ2) is 6.01. The highest BCUT2D eigenvalue weighted by Crippen LogP contribution is 2.34. The number of hydrogen-bond donors (Lipinski definition) is 1. The van der Waals surface area contributed by atoms with E-state index in [0.29, 0.717) is 0 Å². The van der Waals surface area contributed by atoms with Crippen LogP contribution >= 0.6 is 11.8 Å². The number of rotatable bonds is 3. The van der Waals surface area contributed by atoms with Gasteiger partial charge in [0.15, 0.2) is 5.16 Å². The van der Waals surface area contributed by atoms with Crippen molar-refractivity contribution in [3.05, 3.63) is 24.3 Å². The van der Waals surface area contributed by atoms with Crippen LogP contribution in [0.25, 0.3) is 11.0 Å². The first-order valence-corrected chi connectivity index (χ1v) is 9.20. The molecule has 3 heterocycles. The summed E-state index contributed by atoms with van der Waals surface area (Å²) in [5.74, 6) is 2.05. The van der Waals surface area contributed by atoms with E-state index in [-0.39, 0.29) is 0 Å². The molecule has 0 saturated carbocycles. The van der Waals surface area contributed by atoms with Crippen LogP contribution in [0.5, 0.6) is 0 Å². The van der Waals surface area contributed by atoms with Gasteiger partial charge in [-0.1, -0.05) is 30.3 Å². The van der Waals surface area contributed by atoms with Gasteiger partial charge in [0.25, 0.3) is 0 Å². The zero-order valence-corrected chi connectivity index (χ0v) is 13.2. The summed E-state index contributed by atoms with van der Waals surface area (Å²) in [6.45, 7) is 2.66. The quantitative estimate of drug-likeness (QED) is 0.872. The number of H-pyrrole nitrogens is 1. The summed E-state index contributed by atoms with van der Waals surface area (Å²) in [5, 5.41) is 1.09. The van der Waals surface area contributed by atoms with E-state index in [0.717, 1.165) is 28.1 Å². The zero-order valence-electron chi connectivity index (χ0n) is 12.4. The Labute approximate surface area is 130 Å². The van der Waals surface area contributed by atoms with Crippen molar-refractivity contribution in [2.24, 2.45) is 5.92 Å². The Hall–Kier alpha value is -1.00. The fourth-order valence-electron chi connectivity index (χ4n) is 3.96. The average molecular weight is 301 g/mol. The van der Waals surface area contributed by atoms with Gasteiger partial charge in [-0.05, 0) is 56.8 Å². The summed E-state index contributed by atoms with van der Waals surface area (Å²) in [5.41, 5.74) is 2.24. The molecule has 3 nitrogen and oxygen atoms in total. The number of piperidine rings is 2. The van der Waals surface area contributed by atoms with Gasteiger partial charge in [0.2, 0.25) is 0 Å². The molecule has 0 radical (unpaired) electrons. The molecule has 2 saturated heterocycles. The second-order valence-electron chi connectivity index (χ2n) is 6.37. The van der Waals surface area contributed by atoms with Crippen LogP contribution in [0, 0.1) is 5.92 Å². The largest absolute Gasteiger partial charge is 0.333 e. The minimum absolute atomic E-state index is 0.837. The van der Waals surface area contributed by atoms with Gasteiger partial charge in [-0.25, -0.2) is 4.98 Å².